The minimum atomic E-state index is -3.84. The second kappa shape index (κ2) is 5.52. The van der Waals surface area contributed by atoms with Gasteiger partial charge in [-0.05, 0) is 36.2 Å². The number of rotatable bonds is 4. The summed E-state index contributed by atoms with van der Waals surface area (Å²) < 4.78 is 23.3. The Hall–Kier alpha value is -2.05. The Morgan fingerprint density at radius 3 is 2.45 bits per heavy atom. The number of nitrogens with one attached hydrogen (secondary N) is 1. The zero-order valence-electron chi connectivity index (χ0n) is 11.1. The molecule has 0 unspecified atom stereocenters. The molecule has 0 aliphatic rings. The van der Waals surface area contributed by atoms with Crippen LogP contribution in [0, 0.1) is 0 Å². The number of aryl methyl sites for hydroxylation is 1. The molecular formula is C14H17N3O2S. The van der Waals surface area contributed by atoms with Crippen LogP contribution in [0.25, 0.3) is 0 Å². The van der Waals surface area contributed by atoms with Crippen molar-refractivity contribution in [1.29, 1.82) is 0 Å². The van der Waals surface area contributed by atoms with Crippen LogP contribution in [-0.4, -0.2) is 8.42 Å². The SMILES string of the molecule is CCc1ccccc1Nc1ccc(N)cc1S(N)(=O)=O. The molecule has 0 aromatic heterocycles. The lowest BCUT2D eigenvalue weighted by Gasteiger charge is -2.14. The summed E-state index contributed by atoms with van der Waals surface area (Å²) in [5.74, 6) is 0. The molecule has 0 fully saturated rings. The Kier molecular flexibility index (Phi) is 3.96. The first kappa shape index (κ1) is 14.4. The van der Waals surface area contributed by atoms with Gasteiger partial charge in [0.05, 0.1) is 5.69 Å². The Balaban J connectivity index is 2.49. The van der Waals surface area contributed by atoms with Crippen LogP contribution in [0.5, 0.6) is 0 Å². The van der Waals surface area contributed by atoms with E-state index in [2.05, 4.69) is 5.32 Å². The van der Waals surface area contributed by atoms with Crippen molar-refractivity contribution in [3.8, 4) is 0 Å². The molecule has 0 atom stereocenters. The van der Waals surface area contributed by atoms with E-state index in [0.717, 1.165) is 17.7 Å². The fourth-order valence-electron chi connectivity index (χ4n) is 1.97. The second-order valence-corrected chi connectivity index (χ2v) is 5.97. The van der Waals surface area contributed by atoms with Crippen LogP contribution in [0.2, 0.25) is 0 Å². The summed E-state index contributed by atoms with van der Waals surface area (Å²) in [6.07, 6.45) is 0.836. The summed E-state index contributed by atoms with van der Waals surface area (Å²) in [5, 5.41) is 8.34. The number of anilines is 3. The van der Waals surface area contributed by atoms with Gasteiger partial charge in [0.25, 0.3) is 0 Å². The van der Waals surface area contributed by atoms with Crippen LogP contribution in [0.15, 0.2) is 47.4 Å². The lowest BCUT2D eigenvalue weighted by Crippen LogP contribution is -2.14. The molecule has 0 aliphatic heterocycles. The number of primary sulfonamides is 1. The molecule has 0 heterocycles. The topological polar surface area (TPSA) is 98.2 Å². The monoisotopic (exact) mass is 291 g/mol. The van der Waals surface area contributed by atoms with Gasteiger partial charge in [-0.15, -0.1) is 0 Å². The molecule has 0 bridgehead atoms. The van der Waals surface area contributed by atoms with Gasteiger partial charge in [-0.1, -0.05) is 25.1 Å². The van der Waals surface area contributed by atoms with Crippen LogP contribution < -0.4 is 16.2 Å². The van der Waals surface area contributed by atoms with Gasteiger partial charge in [0.15, 0.2) is 0 Å². The maximum Gasteiger partial charge on any atom is 0.240 e. The first-order valence-electron chi connectivity index (χ1n) is 6.19. The fourth-order valence-corrected chi connectivity index (χ4v) is 2.70. The third-order valence-electron chi connectivity index (χ3n) is 2.98. The van der Waals surface area contributed by atoms with Crippen molar-refractivity contribution in [1.82, 2.24) is 0 Å². The summed E-state index contributed by atoms with van der Waals surface area (Å²) in [6, 6.07) is 12.3. The standard InChI is InChI=1S/C14H17N3O2S/c1-2-10-5-3-4-6-12(10)17-13-8-7-11(15)9-14(13)20(16,18)19/h3-9,17H,2,15H2,1H3,(H2,16,18,19). The Morgan fingerprint density at radius 2 is 1.80 bits per heavy atom. The third kappa shape index (κ3) is 3.09. The van der Waals surface area contributed by atoms with Gasteiger partial charge in [-0.3, -0.25) is 0 Å². The van der Waals surface area contributed by atoms with Gasteiger partial charge >= 0.3 is 0 Å². The Bertz CT molecular complexity index is 727. The van der Waals surface area contributed by atoms with E-state index in [9.17, 15) is 8.42 Å². The molecular weight excluding hydrogens is 274 g/mol. The maximum absolute atomic E-state index is 11.6. The van der Waals surface area contributed by atoms with E-state index >= 15 is 0 Å². The number of hydrogen-bond donors (Lipinski definition) is 3. The number of hydrogen-bond acceptors (Lipinski definition) is 4. The highest BCUT2D eigenvalue weighted by Crippen LogP contribution is 2.28. The molecule has 20 heavy (non-hydrogen) atoms. The highest BCUT2D eigenvalue weighted by atomic mass is 32.2. The van der Waals surface area contributed by atoms with Gasteiger partial charge in [0, 0.05) is 11.4 Å². The Labute approximate surface area is 118 Å². The quantitative estimate of drug-likeness (QED) is 0.752. The highest BCUT2D eigenvalue weighted by molar-refractivity contribution is 7.89. The van der Waals surface area contributed by atoms with Crippen LogP contribution in [0.4, 0.5) is 17.1 Å². The Morgan fingerprint density at radius 1 is 1.10 bits per heavy atom. The van der Waals surface area contributed by atoms with Crippen LogP contribution in [-0.2, 0) is 16.4 Å². The first-order chi connectivity index (χ1) is 9.41. The molecule has 2 aromatic carbocycles. The molecule has 0 spiro atoms. The molecule has 0 radical (unpaired) electrons. The molecule has 2 aromatic rings. The summed E-state index contributed by atoms with van der Waals surface area (Å²) in [6.45, 7) is 2.03. The second-order valence-electron chi connectivity index (χ2n) is 4.44. The molecule has 6 heteroatoms. The zero-order valence-corrected chi connectivity index (χ0v) is 11.9. The summed E-state index contributed by atoms with van der Waals surface area (Å²) >= 11 is 0. The number of benzene rings is 2. The van der Waals surface area contributed by atoms with Gasteiger partial charge in [-0.2, -0.15) is 0 Å². The number of para-hydroxylation sites is 1. The summed E-state index contributed by atoms with van der Waals surface area (Å²) in [7, 11) is -3.84. The van der Waals surface area contributed by atoms with Gasteiger partial charge in [0.1, 0.15) is 4.90 Å². The van der Waals surface area contributed by atoms with E-state index in [1.54, 1.807) is 12.1 Å². The van der Waals surface area contributed by atoms with Crippen molar-refractivity contribution in [2.75, 3.05) is 11.1 Å². The first-order valence-corrected chi connectivity index (χ1v) is 7.73. The van der Waals surface area contributed by atoms with Crippen molar-refractivity contribution < 1.29 is 8.42 Å². The maximum atomic E-state index is 11.6. The lowest BCUT2D eigenvalue weighted by atomic mass is 10.1. The van der Waals surface area contributed by atoms with Crippen LogP contribution >= 0.6 is 0 Å². The van der Waals surface area contributed by atoms with Gasteiger partial charge < -0.3 is 11.1 Å². The van der Waals surface area contributed by atoms with Crippen molar-refractivity contribution in [2.24, 2.45) is 5.14 Å². The lowest BCUT2D eigenvalue weighted by molar-refractivity contribution is 0.598. The van der Waals surface area contributed by atoms with E-state index in [1.807, 2.05) is 31.2 Å². The van der Waals surface area contributed by atoms with E-state index in [4.69, 9.17) is 10.9 Å². The van der Waals surface area contributed by atoms with Crippen LogP contribution in [0.1, 0.15) is 12.5 Å². The molecule has 0 saturated carbocycles. The predicted molar refractivity (Wildman–Crippen MR) is 81.3 cm³/mol. The predicted octanol–water partition coefficient (Wildman–Crippen LogP) is 2.22. The zero-order chi connectivity index (χ0) is 14.8. The van der Waals surface area contributed by atoms with E-state index in [0.29, 0.717) is 11.4 Å². The normalized spacial score (nSPS) is 11.3. The third-order valence-corrected chi connectivity index (χ3v) is 3.93. The number of sulfonamides is 1. The van der Waals surface area contributed by atoms with E-state index in [-0.39, 0.29) is 4.90 Å². The molecule has 0 aliphatic carbocycles. The molecule has 2 rings (SSSR count). The minimum Gasteiger partial charge on any atom is -0.399 e. The van der Waals surface area contributed by atoms with Crippen molar-refractivity contribution in [3.05, 3.63) is 48.0 Å². The molecule has 0 saturated heterocycles. The van der Waals surface area contributed by atoms with E-state index in [1.165, 1.54) is 6.07 Å². The number of nitrogens with two attached hydrogens (primary N) is 2. The largest absolute Gasteiger partial charge is 0.399 e. The molecule has 5 nitrogen and oxygen atoms in total. The summed E-state index contributed by atoms with van der Waals surface area (Å²) in [5.41, 5.74) is 8.33. The minimum absolute atomic E-state index is 0.0107. The van der Waals surface area contributed by atoms with Crippen molar-refractivity contribution in [3.63, 3.8) is 0 Å². The highest BCUT2D eigenvalue weighted by Gasteiger charge is 2.15. The molecule has 106 valence electrons. The van der Waals surface area contributed by atoms with Crippen molar-refractivity contribution in [2.45, 2.75) is 18.2 Å². The van der Waals surface area contributed by atoms with Gasteiger partial charge in [-0.25, -0.2) is 13.6 Å². The smallest absolute Gasteiger partial charge is 0.240 e. The molecule has 0 amide bonds. The van der Waals surface area contributed by atoms with Gasteiger partial charge in [0.2, 0.25) is 10.0 Å². The number of nitrogen functional groups attached to an aromatic ring is 1. The fraction of sp³-hybridized carbons (Fsp3) is 0.143. The molecule has 5 N–H and O–H groups in total. The average Bonchev–Trinajstić information content (AvgIpc) is 2.40. The summed E-state index contributed by atoms with van der Waals surface area (Å²) in [4.78, 5) is -0.0107. The average molecular weight is 291 g/mol. The van der Waals surface area contributed by atoms with Crippen LogP contribution in [0.3, 0.4) is 0 Å². The van der Waals surface area contributed by atoms with E-state index < -0.39 is 10.0 Å². The van der Waals surface area contributed by atoms with Crippen molar-refractivity contribution >= 4 is 27.1 Å².